The van der Waals surface area contributed by atoms with Gasteiger partial charge < -0.3 is 19.3 Å². The minimum Gasteiger partial charge on any atom is -0.481 e. The molecule has 186 valence electrons. The molecule has 1 aromatic heterocycles. The first-order chi connectivity index (χ1) is 17.4. The van der Waals surface area contributed by atoms with E-state index in [2.05, 4.69) is 9.97 Å². The van der Waals surface area contributed by atoms with Gasteiger partial charge in [-0.3, -0.25) is 14.4 Å². The van der Waals surface area contributed by atoms with Gasteiger partial charge in [0, 0.05) is 41.6 Å². The number of Topliss-reactive ketones (excluding diaryl/α,β-unsaturated/α-hetero) is 1. The van der Waals surface area contributed by atoms with E-state index >= 15 is 0 Å². The first-order valence-corrected chi connectivity index (χ1v) is 11.7. The molecular weight excluding hydrogens is 484 g/mol. The Kier molecular flexibility index (Phi) is 8.24. The molecule has 1 fully saturated rings. The molecule has 0 N–H and O–H groups in total. The number of ketones is 1. The van der Waals surface area contributed by atoms with Gasteiger partial charge in [0.1, 0.15) is 0 Å². The van der Waals surface area contributed by atoms with Crippen LogP contribution in [-0.2, 0) is 16.1 Å². The predicted molar refractivity (Wildman–Crippen MR) is 133 cm³/mol. The number of anilines is 1. The van der Waals surface area contributed by atoms with Crippen LogP contribution in [0.25, 0.3) is 0 Å². The molecule has 10 heteroatoms. The molecule has 1 saturated heterocycles. The van der Waals surface area contributed by atoms with Gasteiger partial charge in [-0.15, -0.1) is 0 Å². The maximum absolute atomic E-state index is 13.3. The first kappa shape index (κ1) is 25.3. The molecule has 1 aliphatic heterocycles. The highest BCUT2D eigenvalue weighted by Gasteiger charge is 2.23. The Morgan fingerprint density at radius 1 is 1.08 bits per heavy atom. The first-order valence-electron chi connectivity index (χ1n) is 11.4. The van der Waals surface area contributed by atoms with E-state index in [0.29, 0.717) is 42.6 Å². The lowest BCUT2D eigenvalue weighted by Crippen LogP contribution is -2.40. The maximum Gasteiger partial charge on any atom is 0.254 e. The number of hydrogen-bond acceptors (Lipinski definition) is 7. The number of morpholine rings is 1. The fourth-order valence-electron chi connectivity index (χ4n) is 3.78. The van der Waals surface area contributed by atoms with E-state index in [1.165, 1.54) is 24.3 Å². The fourth-order valence-corrected chi connectivity index (χ4v) is 3.99. The number of carbonyl (C=O) groups excluding carboxylic acids is 3. The molecule has 0 bridgehead atoms. The lowest BCUT2D eigenvalue weighted by molar-refractivity contribution is -0.117. The molecular formula is C26H25ClN4O5. The summed E-state index contributed by atoms with van der Waals surface area (Å²) in [6.07, 6.45) is 0.958. The van der Waals surface area contributed by atoms with E-state index in [9.17, 15) is 14.4 Å². The minimum atomic E-state index is -0.533. The molecule has 36 heavy (non-hydrogen) atoms. The van der Waals surface area contributed by atoms with Gasteiger partial charge in [-0.2, -0.15) is 4.98 Å². The van der Waals surface area contributed by atoms with Crippen molar-refractivity contribution >= 4 is 34.9 Å². The minimum absolute atomic E-state index is 0.0945. The summed E-state index contributed by atoms with van der Waals surface area (Å²) in [7, 11) is 1.43. The van der Waals surface area contributed by atoms with E-state index in [-0.39, 0.29) is 24.2 Å². The van der Waals surface area contributed by atoms with Crippen molar-refractivity contribution in [3.63, 3.8) is 0 Å². The van der Waals surface area contributed by atoms with E-state index in [4.69, 9.17) is 21.1 Å². The van der Waals surface area contributed by atoms with Crippen LogP contribution in [-0.4, -0.2) is 65.9 Å². The highest BCUT2D eigenvalue weighted by atomic mass is 35.5. The smallest absolute Gasteiger partial charge is 0.254 e. The number of halogens is 1. The van der Waals surface area contributed by atoms with Gasteiger partial charge in [0.2, 0.25) is 17.6 Å². The average molecular weight is 509 g/mol. The summed E-state index contributed by atoms with van der Waals surface area (Å²) < 4.78 is 10.4. The van der Waals surface area contributed by atoms with E-state index in [1.807, 2.05) is 6.07 Å². The summed E-state index contributed by atoms with van der Waals surface area (Å²) in [5, 5.41) is 0.534. The van der Waals surface area contributed by atoms with Gasteiger partial charge in [0.25, 0.3) is 5.91 Å². The molecule has 4 rings (SSSR count). The largest absolute Gasteiger partial charge is 0.481 e. The molecule has 0 atom stereocenters. The number of carbonyl (C=O) groups is 3. The number of rotatable bonds is 8. The van der Waals surface area contributed by atoms with Crippen molar-refractivity contribution in [3.05, 3.63) is 82.8 Å². The molecule has 0 saturated carbocycles. The van der Waals surface area contributed by atoms with Crippen molar-refractivity contribution < 1.29 is 23.9 Å². The highest BCUT2D eigenvalue weighted by molar-refractivity contribution is 6.30. The second kappa shape index (κ2) is 11.7. The Bertz CT molecular complexity index is 1250. The monoisotopic (exact) mass is 508 g/mol. The molecule has 0 aliphatic carbocycles. The average Bonchev–Trinajstić information content (AvgIpc) is 2.92. The number of aromatic nitrogens is 2. The molecule has 0 radical (unpaired) electrons. The summed E-state index contributed by atoms with van der Waals surface area (Å²) in [5.74, 6) is -0.940. The number of ether oxygens (including phenoxy) is 2. The summed E-state index contributed by atoms with van der Waals surface area (Å²) in [6.45, 7) is 2.28. The van der Waals surface area contributed by atoms with Gasteiger partial charge in [-0.1, -0.05) is 23.7 Å². The zero-order chi connectivity index (χ0) is 25.5. The molecule has 0 spiro atoms. The molecule has 0 unspecified atom stereocenters. The van der Waals surface area contributed by atoms with Crippen LogP contribution < -0.4 is 9.64 Å². The van der Waals surface area contributed by atoms with Crippen LogP contribution in [0.3, 0.4) is 0 Å². The number of benzene rings is 2. The zero-order valence-electron chi connectivity index (χ0n) is 19.7. The summed E-state index contributed by atoms with van der Waals surface area (Å²) in [5.41, 5.74) is 1.84. The van der Waals surface area contributed by atoms with Crippen LogP contribution in [0.5, 0.6) is 5.88 Å². The molecule has 2 heterocycles. The van der Waals surface area contributed by atoms with Gasteiger partial charge >= 0.3 is 0 Å². The van der Waals surface area contributed by atoms with Crippen LogP contribution >= 0.6 is 11.6 Å². The van der Waals surface area contributed by atoms with Crippen LogP contribution in [0.1, 0.15) is 33.0 Å². The summed E-state index contributed by atoms with van der Waals surface area (Å²) in [6, 6.07) is 15.4. The second-order valence-corrected chi connectivity index (χ2v) is 8.52. The number of amides is 2. The molecule has 2 amide bonds. The van der Waals surface area contributed by atoms with Crippen LogP contribution in [0.15, 0.2) is 60.8 Å². The number of hydrogen-bond donors (Lipinski definition) is 0. The molecule has 9 nitrogen and oxygen atoms in total. The third-order valence-electron chi connectivity index (χ3n) is 5.66. The van der Waals surface area contributed by atoms with Crippen LogP contribution in [0, 0.1) is 0 Å². The molecule has 3 aromatic rings. The third-order valence-corrected chi connectivity index (χ3v) is 5.89. The van der Waals surface area contributed by atoms with Crippen molar-refractivity contribution in [2.75, 3.05) is 38.3 Å². The van der Waals surface area contributed by atoms with Gasteiger partial charge in [0.05, 0.1) is 33.3 Å². The van der Waals surface area contributed by atoms with Gasteiger partial charge in [-0.25, -0.2) is 4.98 Å². The Labute approximate surface area is 213 Å². The predicted octanol–water partition coefficient (Wildman–Crippen LogP) is 3.42. The lowest BCUT2D eigenvalue weighted by atomic mass is 10.1. The van der Waals surface area contributed by atoms with Crippen LogP contribution in [0.2, 0.25) is 5.02 Å². The van der Waals surface area contributed by atoms with E-state index < -0.39 is 18.1 Å². The SMILES string of the molecule is COc1ccnc(C(=O)CC(=O)N(Cc2cccc(Cl)c2)c2ccc(C(=O)N3CCOCC3)cc2)n1. The number of methoxy groups -OCH3 is 1. The Morgan fingerprint density at radius 3 is 2.53 bits per heavy atom. The Hall–Kier alpha value is -3.82. The van der Waals surface area contributed by atoms with Crippen molar-refractivity contribution in [2.24, 2.45) is 0 Å². The van der Waals surface area contributed by atoms with E-state index in [0.717, 1.165) is 5.56 Å². The summed E-state index contributed by atoms with van der Waals surface area (Å²) in [4.78, 5) is 50.1. The van der Waals surface area contributed by atoms with Gasteiger partial charge in [-0.05, 0) is 42.0 Å². The quantitative estimate of drug-likeness (QED) is 0.339. The standard InChI is InChI=1S/C26H25ClN4O5/c1-35-23-9-10-28-25(29-23)22(32)16-24(33)31(17-18-3-2-4-20(27)15-18)21-7-5-19(6-8-21)26(34)30-11-13-36-14-12-30/h2-10,15H,11-14,16-17H2,1H3. The normalized spacial score (nSPS) is 13.2. The van der Waals surface area contributed by atoms with Crippen molar-refractivity contribution in [1.29, 1.82) is 0 Å². The Balaban J connectivity index is 1.56. The summed E-state index contributed by atoms with van der Waals surface area (Å²) >= 11 is 6.14. The Morgan fingerprint density at radius 2 is 1.83 bits per heavy atom. The van der Waals surface area contributed by atoms with E-state index in [1.54, 1.807) is 47.4 Å². The zero-order valence-corrected chi connectivity index (χ0v) is 20.5. The fraction of sp³-hybridized carbons (Fsp3) is 0.269. The lowest BCUT2D eigenvalue weighted by Gasteiger charge is -2.27. The molecule has 1 aliphatic rings. The maximum atomic E-state index is 13.3. The highest BCUT2D eigenvalue weighted by Crippen LogP contribution is 2.22. The topological polar surface area (TPSA) is 102 Å². The van der Waals surface area contributed by atoms with Crippen LogP contribution in [0.4, 0.5) is 5.69 Å². The van der Waals surface area contributed by atoms with Crippen molar-refractivity contribution in [3.8, 4) is 5.88 Å². The van der Waals surface area contributed by atoms with Gasteiger partial charge in [0.15, 0.2) is 5.82 Å². The second-order valence-electron chi connectivity index (χ2n) is 8.08. The van der Waals surface area contributed by atoms with Crippen molar-refractivity contribution in [2.45, 2.75) is 13.0 Å². The molecule has 2 aromatic carbocycles. The third kappa shape index (κ3) is 6.24. The number of nitrogens with zero attached hydrogens (tertiary/aromatic N) is 4. The van der Waals surface area contributed by atoms with Crippen molar-refractivity contribution in [1.82, 2.24) is 14.9 Å².